The van der Waals surface area contributed by atoms with Crippen molar-refractivity contribution in [3.8, 4) is 17.6 Å². The van der Waals surface area contributed by atoms with Crippen molar-refractivity contribution < 1.29 is 33.3 Å². The van der Waals surface area contributed by atoms with Crippen LogP contribution in [0.2, 0.25) is 0 Å². The molecule has 1 heterocycles. The molecule has 0 bridgehead atoms. The number of carbonyl (C=O) groups excluding carboxylic acids is 3. The van der Waals surface area contributed by atoms with Crippen LogP contribution in [0.3, 0.4) is 0 Å². The molecule has 0 saturated heterocycles. The van der Waals surface area contributed by atoms with Crippen LogP contribution in [0.1, 0.15) is 56.8 Å². The Labute approximate surface area is 214 Å². The molecule has 0 N–H and O–H groups in total. The number of Topliss-reactive ketones (excluding diaryl/α,β-unsaturated/α-hetero) is 1. The number of carbonyl (C=O) groups is 3. The molecule has 190 valence electrons. The fourth-order valence-electron chi connectivity index (χ4n) is 3.29. The lowest BCUT2D eigenvalue weighted by atomic mass is 10.0. The number of allylic oxidation sites excluding steroid dienone is 1. The monoisotopic (exact) mass is 511 g/mol. The Morgan fingerprint density at radius 2 is 1.72 bits per heavy atom. The highest BCUT2D eigenvalue weighted by Gasteiger charge is 2.28. The first-order chi connectivity index (χ1) is 17.3. The van der Waals surface area contributed by atoms with Crippen molar-refractivity contribution >= 4 is 35.1 Å². The molecule has 0 amide bonds. The van der Waals surface area contributed by atoms with E-state index >= 15 is 0 Å². The van der Waals surface area contributed by atoms with Gasteiger partial charge in [0.1, 0.15) is 17.6 Å². The van der Waals surface area contributed by atoms with E-state index in [0.29, 0.717) is 40.7 Å². The second kappa shape index (κ2) is 13.9. The van der Waals surface area contributed by atoms with Gasteiger partial charge in [-0.25, -0.2) is 9.59 Å². The lowest BCUT2D eigenvalue weighted by Gasteiger charge is -2.11. The lowest BCUT2D eigenvalue weighted by Crippen LogP contribution is -2.12. The van der Waals surface area contributed by atoms with Crippen LogP contribution < -0.4 is 9.47 Å². The quantitative estimate of drug-likeness (QED) is 0.158. The molecule has 1 aromatic heterocycles. The third-order valence-electron chi connectivity index (χ3n) is 4.84. The summed E-state index contributed by atoms with van der Waals surface area (Å²) in [5.41, 5.74) is 0.988. The average molecular weight is 512 g/mol. The second-order valence-corrected chi connectivity index (χ2v) is 8.41. The van der Waals surface area contributed by atoms with Crippen LogP contribution in [0.4, 0.5) is 0 Å². The number of hydrogen-bond donors (Lipinski definition) is 0. The van der Waals surface area contributed by atoms with Gasteiger partial charge >= 0.3 is 11.9 Å². The van der Waals surface area contributed by atoms with Crippen LogP contribution in [0.5, 0.6) is 11.5 Å². The molecule has 0 radical (unpaired) electrons. The summed E-state index contributed by atoms with van der Waals surface area (Å²) in [6.07, 6.45) is 2.80. The number of ether oxygens (including phenoxy) is 4. The van der Waals surface area contributed by atoms with Gasteiger partial charge < -0.3 is 18.9 Å². The average Bonchev–Trinajstić information content (AvgIpc) is 3.18. The maximum Gasteiger partial charge on any atom is 0.348 e. The van der Waals surface area contributed by atoms with Gasteiger partial charge in [0.25, 0.3) is 0 Å². The summed E-state index contributed by atoms with van der Waals surface area (Å²) in [6, 6.07) is 6.99. The summed E-state index contributed by atoms with van der Waals surface area (Å²) in [7, 11) is 0. The van der Waals surface area contributed by atoms with Crippen molar-refractivity contribution in [2.75, 3.05) is 26.4 Å². The Morgan fingerprint density at radius 3 is 2.33 bits per heavy atom. The summed E-state index contributed by atoms with van der Waals surface area (Å²) in [6.45, 7) is 11.4. The van der Waals surface area contributed by atoms with E-state index in [-0.39, 0.29) is 35.6 Å². The number of nitrogens with zero attached hydrogens (tertiary/aromatic N) is 1. The molecule has 2 aromatic rings. The first-order valence-electron chi connectivity index (χ1n) is 11.4. The molecule has 0 unspecified atom stereocenters. The van der Waals surface area contributed by atoms with E-state index in [2.05, 4.69) is 6.58 Å². The SMILES string of the molecule is C=CCOc1ccc(/C=C(\C#N)C(=O)Cc2sc(C(=O)OCC)c(C)c2C(=O)OCC)cc1OCC. The second-order valence-electron chi connectivity index (χ2n) is 7.30. The first-order valence-corrected chi connectivity index (χ1v) is 12.2. The van der Waals surface area contributed by atoms with E-state index in [1.54, 1.807) is 45.0 Å². The number of hydrogen-bond acceptors (Lipinski definition) is 9. The van der Waals surface area contributed by atoms with Gasteiger partial charge in [-0.05, 0) is 57.0 Å². The zero-order valence-electron chi connectivity index (χ0n) is 20.8. The van der Waals surface area contributed by atoms with Crippen LogP contribution in [-0.4, -0.2) is 44.1 Å². The molecule has 0 fully saturated rings. The van der Waals surface area contributed by atoms with Gasteiger partial charge in [0, 0.05) is 11.3 Å². The smallest absolute Gasteiger partial charge is 0.348 e. The topological polar surface area (TPSA) is 112 Å². The number of benzene rings is 1. The summed E-state index contributed by atoms with van der Waals surface area (Å²) in [5.74, 6) is -0.746. The molecule has 1 aromatic carbocycles. The van der Waals surface area contributed by atoms with Crippen LogP contribution in [0.25, 0.3) is 6.08 Å². The van der Waals surface area contributed by atoms with Gasteiger partial charge in [-0.1, -0.05) is 18.7 Å². The predicted octanol–water partition coefficient (Wildman–Crippen LogP) is 5.09. The van der Waals surface area contributed by atoms with E-state index in [4.69, 9.17) is 18.9 Å². The van der Waals surface area contributed by atoms with Crippen molar-refractivity contribution in [2.45, 2.75) is 34.1 Å². The molecule has 2 rings (SSSR count). The largest absolute Gasteiger partial charge is 0.490 e. The minimum atomic E-state index is -0.636. The summed E-state index contributed by atoms with van der Waals surface area (Å²) in [4.78, 5) is 38.6. The van der Waals surface area contributed by atoms with E-state index in [1.165, 1.54) is 6.08 Å². The maximum atomic E-state index is 13.1. The van der Waals surface area contributed by atoms with Crippen LogP contribution in [0.15, 0.2) is 36.4 Å². The molecule has 0 saturated carbocycles. The predicted molar refractivity (Wildman–Crippen MR) is 137 cm³/mol. The fraction of sp³-hybridized carbons (Fsp3) is 0.333. The van der Waals surface area contributed by atoms with Gasteiger partial charge in [0.2, 0.25) is 0 Å². The van der Waals surface area contributed by atoms with E-state index in [1.807, 2.05) is 13.0 Å². The zero-order chi connectivity index (χ0) is 26.7. The van der Waals surface area contributed by atoms with Gasteiger partial charge in [-0.2, -0.15) is 5.26 Å². The minimum Gasteiger partial charge on any atom is -0.490 e. The summed E-state index contributed by atoms with van der Waals surface area (Å²) in [5, 5.41) is 9.69. The highest BCUT2D eigenvalue weighted by Crippen LogP contribution is 2.32. The zero-order valence-corrected chi connectivity index (χ0v) is 21.7. The summed E-state index contributed by atoms with van der Waals surface area (Å²) >= 11 is 0.992. The first kappa shape index (κ1) is 28.3. The number of ketones is 1. The lowest BCUT2D eigenvalue weighted by molar-refractivity contribution is -0.114. The molecule has 36 heavy (non-hydrogen) atoms. The minimum absolute atomic E-state index is 0.115. The Bertz CT molecular complexity index is 1200. The van der Waals surface area contributed by atoms with E-state index in [0.717, 1.165) is 11.3 Å². The molecule has 0 aliphatic heterocycles. The highest BCUT2D eigenvalue weighted by atomic mass is 32.1. The van der Waals surface area contributed by atoms with Crippen LogP contribution in [0, 0.1) is 18.3 Å². The number of esters is 2. The van der Waals surface area contributed by atoms with Crippen molar-refractivity contribution in [1.29, 1.82) is 5.26 Å². The Balaban J connectivity index is 2.42. The van der Waals surface area contributed by atoms with Gasteiger partial charge in [-0.15, -0.1) is 11.3 Å². The third kappa shape index (κ3) is 7.06. The van der Waals surface area contributed by atoms with Crippen molar-refractivity contribution in [1.82, 2.24) is 0 Å². The van der Waals surface area contributed by atoms with Crippen LogP contribution in [-0.2, 0) is 20.7 Å². The molecular formula is C27H29NO7S. The molecule has 0 aliphatic rings. The highest BCUT2D eigenvalue weighted by molar-refractivity contribution is 7.14. The Morgan fingerprint density at radius 1 is 1.03 bits per heavy atom. The van der Waals surface area contributed by atoms with Crippen molar-refractivity contribution in [3.05, 3.63) is 62.9 Å². The third-order valence-corrected chi connectivity index (χ3v) is 6.11. The molecule has 0 spiro atoms. The van der Waals surface area contributed by atoms with E-state index in [9.17, 15) is 19.6 Å². The Kier molecular flexibility index (Phi) is 10.9. The molecular weight excluding hydrogens is 482 g/mol. The van der Waals surface area contributed by atoms with Crippen LogP contribution >= 0.6 is 11.3 Å². The van der Waals surface area contributed by atoms with Crippen molar-refractivity contribution in [2.24, 2.45) is 0 Å². The fourth-order valence-corrected chi connectivity index (χ4v) is 4.48. The molecule has 8 nitrogen and oxygen atoms in total. The summed E-state index contributed by atoms with van der Waals surface area (Å²) < 4.78 is 21.4. The number of nitriles is 1. The van der Waals surface area contributed by atoms with E-state index < -0.39 is 17.7 Å². The normalized spacial score (nSPS) is 10.8. The maximum absolute atomic E-state index is 13.1. The molecule has 0 atom stereocenters. The van der Waals surface area contributed by atoms with Gasteiger partial charge in [0.05, 0.1) is 31.0 Å². The van der Waals surface area contributed by atoms with Crippen molar-refractivity contribution in [3.63, 3.8) is 0 Å². The molecule has 0 aliphatic carbocycles. The standard InChI is InChI=1S/C27H29NO7S/c1-6-12-35-21-11-10-18(14-22(21)32-7-2)13-19(16-28)20(29)15-23-24(26(30)33-8-3)17(5)25(36-23)27(31)34-9-4/h6,10-11,13-14H,1,7-9,12,15H2,2-5H3/b19-13+. The van der Waals surface area contributed by atoms with Gasteiger partial charge in [-0.3, -0.25) is 4.79 Å². The van der Waals surface area contributed by atoms with Gasteiger partial charge in [0.15, 0.2) is 17.3 Å². The number of rotatable bonds is 13. The molecule has 9 heteroatoms. The Hall–Kier alpha value is -3.90. The number of thiophene rings is 1.